The standard InChI is InChI=1S/C27H22ClF4NO5/c1-4-37-24(34)19-11-15(6-9-21(19)29)16-5-8-18(20(28)12-16)14(2)26(36,27(30,31)32)17-7-10-23-22(13-17)33(3)25(35)38-23/h5-14,36H,4H2,1-3H3/t14-,26-/m0/s1. The van der Waals surface area contributed by atoms with Gasteiger partial charge in [0.15, 0.2) is 11.2 Å². The maximum atomic E-state index is 14.5. The first kappa shape index (κ1) is 27.4. The van der Waals surface area contributed by atoms with Crippen LogP contribution in [0.3, 0.4) is 0 Å². The van der Waals surface area contributed by atoms with Crippen LogP contribution in [0.4, 0.5) is 17.6 Å². The molecule has 200 valence electrons. The quantitative estimate of drug-likeness (QED) is 0.224. The number of benzene rings is 3. The third-order valence-electron chi connectivity index (χ3n) is 6.55. The number of carbonyl (C=O) groups is 1. The van der Waals surface area contributed by atoms with Crippen molar-refractivity contribution in [1.82, 2.24) is 4.57 Å². The lowest BCUT2D eigenvalue weighted by molar-refractivity contribution is -0.274. The Kier molecular flexibility index (Phi) is 7.15. The SMILES string of the molecule is CCOC(=O)c1cc(-c2ccc([C@H](C)[C@](O)(c3ccc4oc(=O)n(C)c4c3)C(F)(F)F)c(Cl)c2)ccc1F. The zero-order valence-electron chi connectivity index (χ0n) is 20.4. The number of fused-ring (bicyclic) bond motifs is 1. The summed E-state index contributed by atoms with van der Waals surface area (Å²) in [4.78, 5) is 23.9. The number of hydrogen-bond acceptors (Lipinski definition) is 5. The molecule has 4 aromatic rings. The summed E-state index contributed by atoms with van der Waals surface area (Å²) in [5, 5.41) is 11.1. The second-order valence-corrected chi connectivity index (χ2v) is 9.15. The second-order valence-electron chi connectivity index (χ2n) is 8.75. The van der Waals surface area contributed by atoms with Crippen LogP contribution < -0.4 is 5.76 Å². The van der Waals surface area contributed by atoms with E-state index < -0.39 is 40.8 Å². The number of hydrogen-bond donors (Lipinski definition) is 1. The van der Waals surface area contributed by atoms with E-state index in [-0.39, 0.29) is 33.9 Å². The molecular weight excluding hydrogens is 530 g/mol. The molecule has 0 saturated carbocycles. The van der Waals surface area contributed by atoms with Gasteiger partial charge >= 0.3 is 17.9 Å². The van der Waals surface area contributed by atoms with Crippen LogP contribution in [0.2, 0.25) is 5.02 Å². The number of oxazole rings is 1. The van der Waals surface area contributed by atoms with E-state index in [0.29, 0.717) is 11.1 Å². The molecule has 0 aliphatic carbocycles. The largest absolute Gasteiger partial charge is 0.462 e. The molecule has 0 fully saturated rings. The number of carbonyl (C=O) groups excluding carboxylic acids is 1. The first-order valence-electron chi connectivity index (χ1n) is 11.4. The highest BCUT2D eigenvalue weighted by Gasteiger charge is 2.59. The second kappa shape index (κ2) is 9.92. The molecule has 38 heavy (non-hydrogen) atoms. The fourth-order valence-electron chi connectivity index (χ4n) is 4.38. The molecule has 0 aliphatic heterocycles. The molecule has 0 saturated heterocycles. The average molecular weight is 552 g/mol. The van der Waals surface area contributed by atoms with Gasteiger partial charge in [0.05, 0.1) is 17.7 Å². The van der Waals surface area contributed by atoms with Gasteiger partial charge in [0.25, 0.3) is 0 Å². The van der Waals surface area contributed by atoms with Crippen molar-refractivity contribution < 1.29 is 36.6 Å². The first-order valence-corrected chi connectivity index (χ1v) is 11.8. The van der Waals surface area contributed by atoms with Gasteiger partial charge in [-0.25, -0.2) is 14.0 Å². The van der Waals surface area contributed by atoms with E-state index in [2.05, 4.69) is 0 Å². The summed E-state index contributed by atoms with van der Waals surface area (Å²) in [5.41, 5.74) is -3.25. The molecule has 0 aliphatic rings. The Morgan fingerprint density at radius 3 is 2.39 bits per heavy atom. The Bertz CT molecular complexity index is 1590. The van der Waals surface area contributed by atoms with E-state index in [1.54, 1.807) is 6.92 Å². The van der Waals surface area contributed by atoms with Crippen LogP contribution in [0, 0.1) is 5.82 Å². The molecule has 11 heteroatoms. The van der Waals surface area contributed by atoms with E-state index in [1.165, 1.54) is 50.4 Å². The molecule has 0 spiro atoms. The Morgan fingerprint density at radius 2 is 1.76 bits per heavy atom. The van der Waals surface area contributed by atoms with Crippen LogP contribution in [-0.4, -0.2) is 28.4 Å². The highest BCUT2D eigenvalue weighted by atomic mass is 35.5. The monoisotopic (exact) mass is 551 g/mol. The van der Waals surface area contributed by atoms with Crippen molar-refractivity contribution in [2.45, 2.75) is 31.5 Å². The molecule has 0 bridgehead atoms. The third kappa shape index (κ3) is 4.58. The fraction of sp³-hybridized carbons (Fsp3) is 0.259. The van der Waals surface area contributed by atoms with E-state index in [0.717, 1.165) is 22.8 Å². The number of aromatic nitrogens is 1. The highest BCUT2D eigenvalue weighted by molar-refractivity contribution is 6.31. The Balaban J connectivity index is 1.78. The minimum absolute atomic E-state index is 0.0100. The van der Waals surface area contributed by atoms with Gasteiger partial charge in [-0.1, -0.05) is 42.8 Å². The number of aliphatic hydroxyl groups is 1. The van der Waals surface area contributed by atoms with Crippen molar-refractivity contribution in [3.63, 3.8) is 0 Å². The topological polar surface area (TPSA) is 81.7 Å². The van der Waals surface area contributed by atoms with Crippen LogP contribution in [0.5, 0.6) is 0 Å². The Morgan fingerprint density at radius 1 is 1.11 bits per heavy atom. The van der Waals surface area contributed by atoms with E-state index in [4.69, 9.17) is 20.8 Å². The molecule has 3 aromatic carbocycles. The van der Waals surface area contributed by atoms with Gasteiger partial charge in [0.1, 0.15) is 5.82 Å². The molecular formula is C27H22ClF4NO5. The zero-order valence-corrected chi connectivity index (χ0v) is 21.2. The van der Waals surface area contributed by atoms with Gasteiger partial charge in [-0.2, -0.15) is 13.2 Å². The maximum Gasteiger partial charge on any atom is 0.422 e. The van der Waals surface area contributed by atoms with Crippen molar-refractivity contribution in [2.75, 3.05) is 6.61 Å². The molecule has 2 atom stereocenters. The number of ether oxygens (including phenoxy) is 1. The molecule has 0 radical (unpaired) electrons. The summed E-state index contributed by atoms with van der Waals surface area (Å²) in [6, 6.07) is 11.2. The van der Waals surface area contributed by atoms with Gasteiger partial charge in [0.2, 0.25) is 0 Å². The fourth-order valence-corrected chi connectivity index (χ4v) is 4.72. The summed E-state index contributed by atoms with van der Waals surface area (Å²) in [7, 11) is 1.34. The highest BCUT2D eigenvalue weighted by Crippen LogP contribution is 2.50. The number of rotatable bonds is 6. The van der Waals surface area contributed by atoms with E-state index in [9.17, 15) is 32.3 Å². The van der Waals surface area contributed by atoms with Gasteiger partial charge in [0, 0.05) is 18.0 Å². The molecule has 1 aromatic heterocycles. The number of nitrogens with zero attached hydrogens (tertiary/aromatic N) is 1. The van der Waals surface area contributed by atoms with Gasteiger partial charge < -0.3 is 14.3 Å². The molecule has 1 heterocycles. The molecule has 1 N–H and O–H groups in total. The number of aryl methyl sites for hydroxylation is 1. The van der Waals surface area contributed by atoms with Crippen molar-refractivity contribution in [3.8, 4) is 11.1 Å². The Hall–Kier alpha value is -3.63. The van der Waals surface area contributed by atoms with Crippen molar-refractivity contribution in [2.24, 2.45) is 7.05 Å². The molecule has 6 nitrogen and oxygen atoms in total. The van der Waals surface area contributed by atoms with E-state index in [1.807, 2.05) is 0 Å². The van der Waals surface area contributed by atoms with Crippen LogP contribution in [0.1, 0.15) is 41.3 Å². The van der Waals surface area contributed by atoms with Gasteiger partial charge in [-0.3, -0.25) is 4.57 Å². The average Bonchev–Trinajstić information content (AvgIpc) is 3.15. The number of esters is 1. The lowest BCUT2D eigenvalue weighted by atomic mass is 9.77. The zero-order chi connectivity index (χ0) is 28.0. The predicted molar refractivity (Wildman–Crippen MR) is 133 cm³/mol. The summed E-state index contributed by atoms with van der Waals surface area (Å²) >= 11 is 6.42. The van der Waals surface area contributed by atoms with Crippen molar-refractivity contribution in [1.29, 1.82) is 0 Å². The summed E-state index contributed by atoms with van der Waals surface area (Å²) in [5.74, 6) is -3.99. The van der Waals surface area contributed by atoms with Crippen LogP contribution in [0.15, 0.2) is 63.8 Å². The van der Waals surface area contributed by atoms with Crippen molar-refractivity contribution in [3.05, 3.63) is 92.7 Å². The summed E-state index contributed by atoms with van der Waals surface area (Å²) < 4.78 is 68.4. The molecule has 0 unspecified atom stereocenters. The molecule has 4 rings (SSSR count). The van der Waals surface area contributed by atoms with E-state index >= 15 is 0 Å². The van der Waals surface area contributed by atoms with Gasteiger partial charge in [-0.05, 0) is 59.5 Å². The van der Waals surface area contributed by atoms with Crippen LogP contribution >= 0.6 is 11.6 Å². The third-order valence-corrected chi connectivity index (χ3v) is 6.88. The minimum Gasteiger partial charge on any atom is -0.462 e. The summed E-state index contributed by atoms with van der Waals surface area (Å²) in [6.45, 7) is 2.81. The number of halogens is 5. The predicted octanol–water partition coefficient (Wildman–Crippen LogP) is 6.32. The maximum absolute atomic E-state index is 14.5. The van der Waals surface area contributed by atoms with Crippen LogP contribution in [-0.2, 0) is 17.4 Å². The first-order chi connectivity index (χ1) is 17.8. The lowest BCUT2D eigenvalue weighted by Crippen LogP contribution is -2.46. The van der Waals surface area contributed by atoms with Gasteiger partial charge in [-0.15, -0.1) is 0 Å². The lowest BCUT2D eigenvalue weighted by Gasteiger charge is -2.37. The Labute approximate surface area is 219 Å². The van der Waals surface area contributed by atoms with Crippen molar-refractivity contribution >= 4 is 28.7 Å². The summed E-state index contributed by atoms with van der Waals surface area (Å²) in [6.07, 6.45) is -5.13. The van der Waals surface area contributed by atoms with Crippen LogP contribution in [0.25, 0.3) is 22.2 Å². The normalized spacial score (nSPS) is 14.3. The smallest absolute Gasteiger partial charge is 0.422 e. The minimum atomic E-state index is -5.13. The number of alkyl halides is 3. The molecule has 0 amide bonds.